The summed E-state index contributed by atoms with van der Waals surface area (Å²) in [6, 6.07) is -0.719. The highest BCUT2D eigenvalue weighted by atomic mass is 16.7. The van der Waals surface area contributed by atoms with Gasteiger partial charge in [-0.2, -0.15) is 0 Å². The van der Waals surface area contributed by atoms with E-state index in [-0.39, 0.29) is 12.5 Å². The predicted molar refractivity (Wildman–Crippen MR) is 337 cm³/mol. The number of aliphatic hydroxyl groups excluding tert-OH is 5. The van der Waals surface area contributed by atoms with Crippen LogP contribution in [0.15, 0.2) is 24.3 Å². The molecule has 7 unspecified atom stereocenters. The van der Waals surface area contributed by atoms with Crippen LogP contribution < -0.4 is 5.32 Å². The van der Waals surface area contributed by atoms with Crippen LogP contribution in [0.3, 0.4) is 0 Å². The molecule has 0 aromatic rings. The number of carbonyl (C=O) groups is 1. The van der Waals surface area contributed by atoms with Crippen molar-refractivity contribution in [1.82, 2.24) is 5.32 Å². The first-order valence-corrected chi connectivity index (χ1v) is 35.0. The van der Waals surface area contributed by atoms with Gasteiger partial charge in [-0.25, -0.2) is 0 Å². The van der Waals surface area contributed by atoms with Gasteiger partial charge in [0.2, 0.25) is 5.91 Å². The van der Waals surface area contributed by atoms with Crippen LogP contribution in [0.4, 0.5) is 0 Å². The van der Waals surface area contributed by atoms with Crippen LogP contribution in [-0.2, 0) is 14.3 Å². The molecule has 1 rings (SSSR count). The molecule has 0 saturated carbocycles. The summed E-state index contributed by atoms with van der Waals surface area (Å²) in [5, 5.41) is 54.9. The van der Waals surface area contributed by atoms with Gasteiger partial charge in [0, 0.05) is 6.42 Å². The van der Waals surface area contributed by atoms with Crippen LogP contribution in [0.2, 0.25) is 0 Å². The highest BCUT2D eigenvalue weighted by molar-refractivity contribution is 5.76. The van der Waals surface area contributed by atoms with E-state index in [1.54, 1.807) is 0 Å². The maximum Gasteiger partial charge on any atom is 0.220 e. The van der Waals surface area contributed by atoms with E-state index in [2.05, 4.69) is 43.5 Å². The van der Waals surface area contributed by atoms with E-state index in [1.807, 2.05) is 0 Å². The molecule has 1 heterocycles. The van der Waals surface area contributed by atoms with Crippen LogP contribution in [0.25, 0.3) is 0 Å². The molecule has 1 aliphatic heterocycles. The number of carbonyl (C=O) groups excluding carboxylic acids is 1. The molecule has 0 radical (unpaired) electrons. The number of allylic oxidation sites excluding steroid dienone is 4. The lowest BCUT2D eigenvalue weighted by molar-refractivity contribution is -0.302. The van der Waals surface area contributed by atoms with Crippen molar-refractivity contribution in [2.24, 2.45) is 0 Å². The quantitative estimate of drug-likeness (QED) is 0.0261. The highest BCUT2D eigenvalue weighted by Crippen LogP contribution is 2.24. The number of nitrogens with one attached hydrogen (secondary N) is 1. The number of rotatable bonds is 62. The third kappa shape index (κ3) is 48.7. The first-order valence-electron chi connectivity index (χ1n) is 35.0. The number of aliphatic hydroxyl groups is 5. The van der Waals surface area contributed by atoms with Crippen LogP contribution >= 0.6 is 0 Å². The highest BCUT2D eigenvalue weighted by Gasteiger charge is 2.44. The van der Waals surface area contributed by atoms with Crippen LogP contribution in [0.1, 0.15) is 361 Å². The van der Waals surface area contributed by atoms with Crippen molar-refractivity contribution < 1.29 is 39.8 Å². The topological polar surface area (TPSA) is 149 Å². The number of ether oxygens (including phenoxy) is 2. The Bertz CT molecular complexity index is 1300. The van der Waals surface area contributed by atoms with Gasteiger partial charge in [-0.1, -0.05) is 334 Å². The van der Waals surface area contributed by atoms with Crippen molar-refractivity contribution in [3.8, 4) is 0 Å². The van der Waals surface area contributed by atoms with E-state index in [0.29, 0.717) is 12.8 Å². The van der Waals surface area contributed by atoms with Gasteiger partial charge in [-0.05, 0) is 44.9 Å². The minimum atomic E-state index is -1.55. The van der Waals surface area contributed by atoms with Crippen molar-refractivity contribution in [2.75, 3.05) is 13.2 Å². The number of hydrogen-bond acceptors (Lipinski definition) is 8. The van der Waals surface area contributed by atoms with Crippen molar-refractivity contribution in [3.05, 3.63) is 24.3 Å². The summed E-state index contributed by atoms with van der Waals surface area (Å²) in [4.78, 5) is 13.1. The minimum absolute atomic E-state index is 0.134. The molecule has 468 valence electrons. The van der Waals surface area contributed by atoms with Crippen molar-refractivity contribution in [3.63, 3.8) is 0 Å². The lowest BCUT2D eigenvalue weighted by Gasteiger charge is -2.40. The molecule has 9 nitrogen and oxygen atoms in total. The Labute approximate surface area is 489 Å². The fraction of sp³-hybridized carbons (Fsp3) is 0.929. The molecule has 1 fully saturated rings. The van der Waals surface area contributed by atoms with Gasteiger partial charge < -0.3 is 40.3 Å². The second kappa shape index (κ2) is 59.8. The van der Waals surface area contributed by atoms with E-state index >= 15 is 0 Å². The third-order valence-electron chi connectivity index (χ3n) is 17.1. The smallest absolute Gasteiger partial charge is 0.220 e. The van der Waals surface area contributed by atoms with Crippen molar-refractivity contribution >= 4 is 5.91 Å². The Morgan fingerprint density at radius 2 is 0.747 bits per heavy atom. The monoisotopic (exact) mass is 1120 g/mol. The number of amides is 1. The zero-order chi connectivity index (χ0) is 57.2. The molecular formula is C70H135NO8. The predicted octanol–water partition coefficient (Wildman–Crippen LogP) is 18.9. The summed E-state index contributed by atoms with van der Waals surface area (Å²) >= 11 is 0. The average Bonchev–Trinajstić information content (AvgIpc) is 3.47. The van der Waals surface area contributed by atoms with Crippen LogP contribution in [0, 0.1) is 0 Å². The van der Waals surface area contributed by atoms with E-state index in [9.17, 15) is 30.3 Å². The van der Waals surface area contributed by atoms with Crippen molar-refractivity contribution in [2.45, 2.75) is 403 Å². The maximum absolute atomic E-state index is 13.1. The molecule has 1 aliphatic rings. The fourth-order valence-electron chi connectivity index (χ4n) is 11.6. The zero-order valence-corrected chi connectivity index (χ0v) is 52.4. The molecule has 9 heteroatoms. The second-order valence-electron chi connectivity index (χ2n) is 24.7. The Morgan fingerprint density at radius 1 is 0.430 bits per heavy atom. The van der Waals surface area contributed by atoms with Gasteiger partial charge in [-0.3, -0.25) is 4.79 Å². The summed E-state index contributed by atoms with van der Waals surface area (Å²) in [5.74, 6) is -0.137. The molecule has 0 aromatic heterocycles. The average molecular weight is 1120 g/mol. The third-order valence-corrected chi connectivity index (χ3v) is 17.1. The molecule has 79 heavy (non-hydrogen) atoms. The molecule has 1 amide bonds. The van der Waals surface area contributed by atoms with Gasteiger partial charge in [0.25, 0.3) is 0 Å². The van der Waals surface area contributed by atoms with Gasteiger partial charge >= 0.3 is 0 Å². The van der Waals surface area contributed by atoms with Crippen molar-refractivity contribution in [1.29, 1.82) is 0 Å². The molecule has 0 spiro atoms. The van der Waals surface area contributed by atoms with Gasteiger partial charge in [0.05, 0.1) is 25.4 Å². The van der Waals surface area contributed by atoms with E-state index < -0.39 is 49.5 Å². The molecular weight excluding hydrogens is 983 g/mol. The fourth-order valence-corrected chi connectivity index (χ4v) is 11.6. The summed E-state index contributed by atoms with van der Waals surface area (Å²) in [5.41, 5.74) is 0. The first kappa shape index (κ1) is 75.7. The molecule has 1 saturated heterocycles. The first-order chi connectivity index (χ1) is 38.8. The summed E-state index contributed by atoms with van der Waals surface area (Å²) in [6.45, 7) is 3.89. The Hall–Kier alpha value is -1.33. The lowest BCUT2D eigenvalue weighted by atomic mass is 9.99. The number of unbranched alkanes of at least 4 members (excludes halogenated alkanes) is 48. The molecule has 0 aromatic carbocycles. The molecule has 7 atom stereocenters. The number of hydrogen-bond donors (Lipinski definition) is 6. The molecule has 6 N–H and O–H groups in total. The summed E-state index contributed by atoms with van der Waals surface area (Å²) in [7, 11) is 0. The summed E-state index contributed by atoms with van der Waals surface area (Å²) < 4.78 is 11.4. The van der Waals surface area contributed by atoms with E-state index in [1.165, 1.54) is 289 Å². The van der Waals surface area contributed by atoms with Gasteiger partial charge in [0.15, 0.2) is 6.29 Å². The van der Waals surface area contributed by atoms with E-state index in [4.69, 9.17) is 9.47 Å². The van der Waals surface area contributed by atoms with Crippen LogP contribution in [0.5, 0.6) is 0 Å². The summed E-state index contributed by atoms with van der Waals surface area (Å²) in [6.07, 6.45) is 71.0. The van der Waals surface area contributed by atoms with E-state index in [0.717, 1.165) is 44.9 Å². The normalized spacial score (nSPS) is 18.6. The van der Waals surface area contributed by atoms with Gasteiger partial charge in [-0.15, -0.1) is 0 Å². The molecule has 0 aliphatic carbocycles. The lowest BCUT2D eigenvalue weighted by Crippen LogP contribution is -2.60. The maximum atomic E-state index is 13.1. The van der Waals surface area contributed by atoms with Gasteiger partial charge in [0.1, 0.15) is 24.4 Å². The standard InChI is InChI=1S/C70H135NO8/c1-3-5-7-9-11-13-15-17-19-21-23-25-27-29-30-31-32-33-34-36-38-40-42-44-46-48-50-52-54-56-58-60-66(74)71-63(62-78-70-69(77)68(76)67(75)65(61-72)79-70)64(73)59-57-55-53-51-49-47-45-43-41-39-37-35-28-26-24-22-20-18-16-14-12-10-8-6-4-2/h23,25,29-30,63-65,67-70,72-73,75-77H,3-22,24,26-28,31-62H2,1-2H3,(H,71,74)/b25-23-,30-29-. The molecule has 0 bridgehead atoms. The largest absolute Gasteiger partial charge is 0.394 e. The Morgan fingerprint density at radius 3 is 1.09 bits per heavy atom. The van der Waals surface area contributed by atoms with Crippen LogP contribution in [-0.4, -0.2) is 87.5 Å². The SMILES string of the molecule is CCCCCCCCCCC/C=C\C/C=C\CCCCCCCCCCCCCCCCCC(=O)NC(COC1OC(CO)C(O)C(O)C1O)C(O)CCCCCCCCCCCCCCCCCCCCCCCCCCC. The zero-order valence-electron chi connectivity index (χ0n) is 52.4. The Balaban J connectivity index is 2.11. The minimum Gasteiger partial charge on any atom is -0.394 e. The Kier molecular flexibility index (Phi) is 57.3. The second-order valence-corrected chi connectivity index (χ2v) is 24.7.